The van der Waals surface area contributed by atoms with Crippen LogP contribution in [0.4, 0.5) is 0 Å². The summed E-state index contributed by atoms with van der Waals surface area (Å²) in [4.78, 5) is 25.1. The summed E-state index contributed by atoms with van der Waals surface area (Å²) in [6.07, 6.45) is 0. The smallest absolute Gasteiger partial charge is 0.310 e. The fourth-order valence-corrected chi connectivity index (χ4v) is 4.28. The average Bonchev–Trinajstić information content (AvgIpc) is 3.13. The topological polar surface area (TPSA) is 68.5 Å². The molecule has 0 bridgehead atoms. The average molecular weight is 412 g/mol. The number of ether oxygens (including phenoxy) is 1. The molecule has 2 aromatic heterocycles. The van der Waals surface area contributed by atoms with Gasteiger partial charge in [-0.1, -0.05) is 23.2 Å². The molecule has 1 aromatic carbocycles. The fourth-order valence-electron chi connectivity index (χ4n) is 3.07. The third-order valence-corrected chi connectivity index (χ3v) is 5.83. The number of carboxylic acid groups (broad SMARTS) is 1. The third kappa shape index (κ3) is 2.98. The van der Waals surface area contributed by atoms with Crippen LogP contribution in [-0.4, -0.2) is 28.7 Å². The monoisotopic (exact) mass is 411 g/mol. The summed E-state index contributed by atoms with van der Waals surface area (Å²) in [6.45, 7) is 3.31. The SMILES string of the molecule is COc1cc2c(C(C)C(=O)O)c(C)n(C(=O)c3ccc(Cl)s3)c2cc1Cl. The number of methoxy groups -OCH3 is 1. The minimum Gasteiger partial charge on any atom is -0.495 e. The van der Waals surface area contributed by atoms with Gasteiger partial charge < -0.3 is 9.84 Å². The van der Waals surface area contributed by atoms with Crippen LogP contribution < -0.4 is 4.74 Å². The number of hydrogen-bond donors (Lipinski definition) is 1. The molecular weight excluding hydrogens is 397 g/mol. The van der Waals surface area contributed by atoms with Crippen LogP contribution in [0.1, 0.15) is 33.8 Å². The van der Waals surface area contributed by atoms with Gasteiger partial charge in [0.1, 0.15) is 5.75 Å². The van der Waals surface area contributed by atoms with Gasteiger partial charge in [-0.25, -0.2) is 0 Å². The molecule has 0 amide bonds. The predicted molar refractivity (Wildman–Crippen MR) is 103 cm³/mol. The Morgan fingerprint density at radius 3 is 2.50 bits per heavy atom. The van der Waals surface area contributed by atoms with Crippen molar-refractivity contribution in [1.82, 2.24) is 4.57 Å². The van der Waals surface area contributed by atoms with Gasteiger partial charge in [0.25, 0.3) is 5.91 Å². The highest BCUT2D eigenvalue weighted by molar-refractivity contribution is 7.18. The van der Waals surface area contributed by atoms with E-state index < -0.39 is 11.9 Å². The van der Waals surface area contributed by atoms with Crippen molar-refractivity contribution < 1.29 is 19.4 Å². The molecule has 0 aliphatic heterocycles. The molecule has 0 aliphatic rings. The number of fused-ring (bicyclic) bond motifs is 1. The Bertz CT molecular complexity index is 1040. The number of aromatic nitrogens is 1. The van der Waals surface area contributed by atoms with Crippen LogP contribution in [0.5, 0.6) is 5.75 Å². The second-order valence-electron chi connectivity index (χ2n) is 5.81. The Hall–Kier alpha value is -2.02. The molecule has 0 aliphatic carbocycles. The van der Waals surface area contributed by atoms with E-state index >= 15 is 0 Å². The highest BCUT2D eigenvalue weighted by Crippen LogP contribution is 2.38. The molecule has 0 saturated carbocycles. The van der Waals surface area contributed by atoms with E-state index in [2.05, 4.69) is 0 Å². The zero-order valence-corrected chi connectivity index (χ0v) is 16.5. The molecule has 2 heterocycles. The molecule has 0 spiro atoms. The fraction of sp³-hybridized carbons (Fsp3) is 0.222. The number of carboxylic acids is 1. The lowest BCUT2D eigenvalue weighted by molar-refractivity contribution is -0.138. The quantitative estimate of drug-likeness (QED) is 0.639. The van der Waals surface area contributed by atoms with Crippen LogP contribution >= 0.6 is 34.5 Å². The first-order valence-corrected chi connectivity index (χ1v) is 9.24. The van der Waals surface area contributed by atoms with E-state index in [-0.39, 0.29) is 5.91 Å². The van der Waals surface area contributed by atoms with Gasteiger partial charge in [0, 0.05) is 11.1 Å². The van der Waals surface area contributed by atoms with Crippen LogP contribution in [0, 0.1) is 6.92 Å². The van der Waals surface area contributed by atoms with E-state index in [1.165, 1.54) is 11.7 Å². The van der Waals surface area contributed by atoms with Crippen molar-refractivity contribution in [3.8, 4) is 5.75 Å². The van der Waals surface area contributed by atoms with Gasteiger partial charge in [-0.2, -0.15) is 0 Å². The maximum absolute atomic E-state index is 13.1. The van der Waals surface area contributed by atoms with Gasteiger partial charge in [0.05, 0.1) is 32.8 Å². The molecule has 26 heavy (non-hydrogen) atoms. The summed E-state index contributed by atoms with van der Waals surface area (Å²) in [5, 5.41) is 10.5. The first-order valence-electron chi connectivity index (χ1n) is 7.67. The Morgan fingerprint density at radius 1 is 1.27 bits per heavy atom. The van der Waals surface area contributed by atoms with Crippen molar-refractivity contribution in [2.75, 3.05) is 7.11 Å². The molecule has 0 radical (unpaired) electrons. The second-order valence-corrected chi connectivity index (χ2v) is 7.93. The number of benzene rings is 1. The van der Waals surface area contributed by atoms with Crippen molar-refractivity contribution in [1.29, 1.82) is 0 Å². The van der Waals surface area contributed by atoms with Gasteiger partial charge >= 0.3 is 5.97 Å². The maximum Gasteiger partial charge on any atom is 0.310 e. The van der Waals surface area contributed by atoms with Crippen molar-refractivity contribution in [2.24, 2.45) is 0 Å². The maximum atomic E-state index is 13.1. The van der Waals surface area contributed by atoms with Gasteiger partial charge in [0.15, 0.2) is 0 Å². The summed E-state index contributed by atoms with van der Waals surface area (Å²) in [6, 6.07) is 6.59. The summed E-state index contributed by atoms with van der Waals surface area (Å²) in [7, 11) is 1.48. The first-order chi connectivity index (χ1) is 12.3. The zero-order valence-electron chi connectivity index (χ0n) is 14.2. The minimum atomic E-state index is -0.979. The number of hydrogen-bond acceptors (Lipinski definition) is 4. The van der Waals surface area contributed by atoms with Crippen LogP contribution in [0.25, 0.3) is 10.9 Å². The van der Waals surface area contributed by atoms with Gasteiger partial charge in [-0.3, -0.25) is 14.2 Å². The van der Waals surface area contributed by atoms with Crippen molar-refractivity contribution in [3.05, 3.63) is 49.8 Å². The third-order valence-electron chi connectivity index (χ3n) is 4.32. The molecule has 1 unspecified atom stereocenters. The van der Waals surface area contributed by atoms with Crippen LogP contribution in [0.15, 0.2) is 24.3 Å². The first kappa shape index (κ1) is 18.8. The number of nitrogens with zero attached hydrogens (tertiary/aromatic N) is 1. The van der Waals surface area contributed by atoms with E-state index in [0.717, 1.165) is 11.3 Å². The number of thiophene rings is 1. The summed E-state index contributed by atoms with van der Waals surface area (Å²) >= 11 is 13.4. The normalized spacial score (nSPS) is 12.3. The standard InChI is InChI=1S/C18H15Cl2NO4S/c1-8(18(23)24)16-9(2)21(17(22)14-4-5-15(20)26-14)12-7-11(19)13(25-3)6-10(12)16/h4-8H,1-3H3,(H,23,24). The predicted octanol–water partition coefficient (Wildman–Crippen LogP) is 5.20. The number of halogens is 2. The number of rotatable bonds is 4. The molecule has 3 rings (SSSR count). The Balaban J connectivity index is 2.35. The van der Waals surface area contributed by atoms with E-state index in [0.29, 0.717) is 42.1 Å². The molecule has 0 saturated heterocycles. The van der Waals surface area contributed by atoms with Crippen LogP contribution in [0.2, 0.25) is 9.36 Å². The highest BCUT2D eigenvalue weighted by Gasteiger charge is 2.27. The lowest BCUT2D eigenvalue weighted by Gasteiger charge is -2.08. The Labute approximate surface area is 163 Å². The molecular formula is C18H15Cl2NO4S. The molecule has 1 N–H and O–H groups in total. The highest BCUT2D eigenvalue weighted by atomic mass is 35.5. The van der Waals surface area contributed by atoms with Crippen molar-refractivity contribution >= 4 is 57.3 Å². The van der Waals surface area contributed by atoms with Crippen LogP contribution in [0.3, 0.4) is 0 Å². The molecule has 136 valence electrons. The number of carbonyl (C=O) groups excluding carboxylic acids is 1. The van der Waals surface area contributed by atoms with E-state index in [1.54, 1.807) is 38.1 Å². The molecule has 5 nitrogen and oxygen atoms in total. The lowest BCUT2D eigenvalue weighted by Crippen LogP contribution is -2.14. The van der Waals surface area contributed by atoms with E-state index in [9.17, 15) is 14.7 Å². The zero-order chi connectivity index (χ0) is 19.2. The summed E-state index contributed by atoms with van der Waals surface area (Å²) in [5.41, 5.74) is 1.64. The molecule has 0 fully saturated rings. The second kappa shape index (κ2) is 6.95. The van der Waals surface area contributed by atoms with Gasteiger partial charge in [-0.15, -0.1) is 11.3 Å². The van der Waals surface area contributed by atoms with Gasteiger partial charge in [0.2, 0.25) is 0 Å². The number of carbonyl (C=O) groups is 2. The minimum absolute atomic E-state index is 0.283. The largest absolute Gasteiger partial charge is 0.495 e. The van der Waals surface area contributed by atoms with E-state index in [1.807, 2.05) is 0 Å². The number of aliphatic carboxylic acids is 1. The van der Waals surface area contributed by atoms with Crippen molar-refractivity contribution in [3.63, 3.8) is 0 Å². The van der Waals surface area contributed by atoms with E-state index in [4.69, 9.17) is 27.9 Å². The molecule has 3 aromatic rings. The molecule has 8 heteroatoms. The summed E-state index contributed by atoms with van der Waals surface area (Å²) < 4.78 is 7.24. The summed E-state index contributed by atoms with van der Waals surface area (Å²) in [5.74, 6) is -1.65. The Kier molecular flexibility index (Phi) is 5.01. The van der Waals surface area contributed by atoms with Crippen LogP contribution in [-0.2, 0) is 4.79 Å². The Morgan fingerprint density at radius 2 is 1.96 bits per heavy atom. The molecule has 1 atom stereocenters. The van der Waals surface area contributed by atoms with Gasteiger partial charge in [-0.05, 0) is 43.7 Å². The van der Waals surface area contributed by atoms with Crippen molar-refractivity contribution in [2.45, 2.75) is 19.8 Å². The lowest BCUT2D eigenvalue weighted by atomic mass is 9.98.